The first-order valence-corrected chi connectivity index (χ1v) is 9.87. The number of rotatable bonds is 4. The first kappa shape index (κ1) is 20.3. The third-order valence-electron chi connectivity index (χ3n) is 5.46. The first-order valence-electron chi connectivity index (χ1n) is 9.87. The molecule has 1 N–H and O–H groups in total. The van der Waals surface area contributed by atoms with E-state index in [0.29, 0.717) is 22.9 Å². The lowest BCUT2D eigenvalue weighted by Gasteiger charge is -2.23. The highest BCUT2D eigenvalue weighted by Crippen LogP contribution is 2.45. The number of aliphatic hydroxyl groups excluding tert-OH is 1. The maximum absolute atomic E-state index is 13.1. The number of ether oxygens (including phenoxy) is 2. The lowest BCUT2D eigenvalue weighted by molar-refractivity contribution is -0.384. The number of amides is 1. The van der Waals surface area contributed by atoms with E-state index in [0.717, 1.165) is 0 Å². The number of fused-ring (bicyclic) bond motifs is 1. The summed E-state index contributed by atoms with van der Waals surface area (Å²) in [6.45, 7) is 1.76. The molecule has 0 radical (unpaired) electrons. The topological polar surface area (TPSA) is 132 Å². The third-order valence-corrected chi connectivity index (χ3v) is 5.46. The molecule has 1 unspecified atom stereocenters. The van der Waals surface area contributed by atoms with Crippen LogP contribution in [0.4, 0.5) is 11.4 Å². The van der Waals surface area contributed by atoms with Gasteiger partial charge in [0.2, 0.25) is 6.79 Å². The molecule has 1 atom stereocenters. The molecule has 0 bridgehead atoms. The number of nitrogens with zero attached hydrogens (tertiary/aromatic N) is 2. The average Bonchev–Trinajstić information content (AvgIpc) is 3.51. The number of hydrogen-bond donors (Lipinski definition) is 1. The summed E-state index contributed by atoms with van der Waals surface area (Å²) in [5.41, 5.74) is 0.132. The number of carbonyl (C=O) groups excluding carboxylic acids is 2. The van der Waals surface area contributed by atoms with Gasteiger partial charge in [0.15, 0.2) is 11.5 Å². The highest BCUT2D eigenvalue weighted by Gasteiger charge is 2.48. The summed E-state index contributed by atoms with van der Waals surface area (Å²) >= 11 is 0. The van der Waals surface area contributed by atoms with Crippen LogP contribution in [0, 0.1) is 17.0 Å². The van der Waals surface area contributed by atoms with Gasteiger partial charge in [-0.1, -0.05) is 0 Å². The molecule has 1 amide bonds. The lowest BCUT2D eigenvalue weighted by atomic mass is 9.99. The van der Waals surface area contributed by atoms with Gasteiger partial charge in [-0.15, -0.1) is 0 Å². The van der Waals surface area contributed by atoms with Crippen molar-refractivity contribution in [2.24, 2.45) is 0 Å². The van der Waals surface area contributed by atoms with Crippen LogP contribution in [-0.4, -0.2) is 28.5 Å². The molecule has 1 fully saturated rings. The van der Waals surface area contributed by atoms with Gasteiger partial charge in [-0.3, -0.25) is 24.6 Å². The van der Waals surface area contributed by atoms with Gasteiger partial charge in [0, 0.05) is 29.4 Å². The van der Waals surface area contributed by atoms with Gasteiger partial charge in [-0.2, -0.15) is 0 Å². The number of non-ortho nitro benzene ring substituents is 1. The van der Waals surface area contributed by atoms with Gasteiger partial charge in [0.05, 0.1) is 10.5 Å². The minimum atomic E-state index is -1.06. The number of benzene rings is 2. The molecule has 3 aromatic rings. The predicted molar refractivity (Wildman–Crippen MR) is 114 cm³/mol. The normalized spacial score (nSPS) is 18.7. The Morgan fingerprint density at radius 2 is 1.79 bits per heavy atom. The number of nitro benzene ring substituents is 1. The summed E-state index contributed by atoms with van der Waals surface area (Å²) in [5, 5.41) is 22.0. The van der Waals surface area contributed by atoms with Crippen molar-refractivity contribution in [1.82, 2.24) is 0 Å². The van der Waals surface area contributed by atoms with E-state index in [2.05, 4.69) is 0 Å². The maximum atomic E-state index is 13.1. The number of anilines is 1. The van der Waals surface area contributed by atoms with Gasteiger partial charge in [-0.05, 0) is 43.3 Å². The van der Waals surface area contributed by atoms with Crippen molar-refractivity contribution in [3.05, 3.63) is 87.4 Å². The largest absolute Gasteiger partial charge is 0.507 e. The molecule has 2 aliphatic rings. The molecular weight excluding hydrogens is 432 g/mol. The number of hydrogen-bond acceptors (Lipinski definition) is 8. The third kappa shape index (κ3) is 3.28. The Balaban J connectivity index is 1.67. The Morgan fingerprint density at radius 1 is 1.06 bits per heavy atom. The number of aryl methyl sites for hydroxylation is 1. The number of aliphatic hydroxyl groups is 1. The molecule has 166 valence electrons. The van der Waals surface area contributed by atoms with Gasteiger partial charge in [-0.25, -0.2) is 0 Å². The minimum absolute atomic E-state index is 0.0402. The Hall–Kier alpha value is -4.60. The van der Waals surface area contributed by atoms with Gasteiger partial charge >= 0.3 is 0 Å². The van der Waals surface area contributed by atoms with E-state index in [1.165, 1.54) is 29.2 Å². The molecule has 0 spiro atoms. The van der Waals surface area contributed by atoms with E-state index in [1.807, 2.05) is 0 Å². The summed E-state index contributed by atoms with van der Waals surface area (Å²) in [5.74, 6) is -0.500. The molecule has 33 heavy (non-hydrogen) atoms. The SMILES string of the molecule is Cc1ccc(C2/C(=C(/O)c3ccc([N+](=O)[O-])cc3)C(=O)C(=O)N2c2ccc3c(c2)OCO3)o1. The van der Waals surface area contributed by atoms with Crippen LogP contribution in [0.1, 0.15) is 23.1 Å². The van der Waals surface area contributed by atoms with Crippen LogP contribution in [0.5, 0.6) is 11.5 Å². The fourth-order valence-corrected chi connectivity index (χ4v) is 3.90. The average molecular weight is 448 g/mol. The summed E-state index contributed by atoms with van der Waals surface area (Å²) in [6.07, 6.45) is 0. The second kappa shape index (κ2) is 7.52. The van der Waals surface area contributed by atoms with Crippen molar-refractivity contribution in [1.29, 1.82) is 0 Å². The quantitative estimate of drug-likeness (QED) is 0.209. The van der Waals surface area contributed by atoms with Crippen molar-refractivity contribution in [3.8, 4) is 11.5 Å². The molecule has 2 aromatic carbocycles. The smallest absolute Gasteiger partial charge is 0.300 e. The maximum Gasteiger partial charge on any atom is 0.300 e. The zero-order valence-electron chi connectivity index (χ0n) is 17.2. The van der Waals surface area contributed by atoms with Gasteiger partial charge in [0.25, 0.3) is 17.4 Å². The van der Waals surface area contributed by atoms with E-state index in [1.54, 1.807) is 37.3 Å². The molecule has 10 heteroatoms. The Kier molecular flexibility index (Phi) is 4.63. The monoisotopic (exact) mass is 448 g/mol. The number of Topliss-reactive ketones (excluding diaryl/α,β-unsaturated/α-hetero) is 1. The van der Waals surface area contributed by atoms with Crippen molar-refractivity contribution < 1.29 is 33.5 Å². The van der Waals surface area contributed by atoms with Crippen LogP contribution in [0.2, 0.25) is 0 Å². The minimum Gasteiger partial charge on any atom is -0.507 e. The van der Waals surface area contributed by atoms with Crippen LogP contribution < -0.4 is 14.4 Å². The van der Waals surface area contributed by atoms with Crippen molar-refractivity contribution in [2.45, 2.75) is 13.0 Å². The summed E-state index contributed by atoms with van der Waals surface area (Å²) in [4.78, 5) is 37.8. The summed E-state index contributed by atoms with van der Waals surface area (Å²) in [7, 11) is 0. The second-order valence-electron chi connectivity index (χ2n) is 7.46. The number of furan rings is 1. The van der Waals surface area contributed by atoms with E-state index in [9.17, 15) is 24.8 Å². The van der Waals surface area contributed by atoms with Crippen molar-refractivity contribution in [3.63, 3.8) is 0 Å². The standard InChI is InChI=1S/C23H16N2O8/c1-12-2-8-17(33-12)20-19(21(26)13-3-5-14(6-4-13)25(29)30)22(27)23(28)24(20)15-7-9-16-18(10-15)32-11-31-16/h2-10,20,26H,11H2,1H3/b21-19-. The Bertz CT molecular complexity index is 1340. The van der Waals surface area contributed by atoms with E-state index >= 15 is 0 Å². The highest BCUT2D eigenvalue weighted by atomic mass is 16.7. The Labute approximate surface area is 186 Å². The summed E-state index contributed by atoms with van der Waals surface area (Å²) < 4.78 is 16.4. The van der Waals surface area contributed by atoms with Gasteiger partial charge in [0.1, 0.15) is 23.3 Å². The molecule has 3 heterocycles. The highest BCUT2D eigenvalue weighted by molar-refractivity contribution is 6.51. The van der Waals surface area contributed by atoms with E-state index in [4.69, 9.17) is 13.9 Å². The van der Waals surface area contributed by atoms with Crippen LogP contribution in [0.15, 0.2) is 64.6 Å². The number of carbonyl (C=O) groups is 2. The molecular formula is C23H16N2O8. The predicted octanol–water partition coefficient (Wildman–Crippen LogP) is 3.85. The van der Waals surface area contributed by atoms with Crippen LogP contribution in [0.3, 0.4) is 0 Å². The zero-order valence-corrected chi connectivity index (χ0v) is 17.2. The molecule has 1 saturated heterocycles. The zero-order chi connectivity index (χ0) is 23.3. The first-order chi connectivity index (χ1) is 15.8. The lowest BCUT2D eigenvalue weighted by Crippen LogP contribution is -2.29. The Morgan fingerprint density at radius 3 is 2.45 bits per heavy atom. The molecule has 0 saturated carbocycles. The van der Waals surface area contributed by atoms with E-state index in [-0.39, 0.29) is 29.4 Å². The molecule has 2 aliphatic heterocycles. The summed E-state index contributed by atoms with van der Waals surface area (Å²) in [6, 6.07) is 12.1. The van der Waals surface area contributed by atoms with Crippen LogP contribution >= 0.6 is 0 Å². The fourth-order valence-electron chi connectivity index (χ4n) is 3.90. The molecule has 1 aromatic heterocycles. The molecule has 5 rings (SSSR count). The fraction of sp³-hybridized carbons (Fsp3) is 0.130. The molecule has 0 aliphatic carbocycles. The number of nitro groups is 1. The van der Waals surface area contributed by atoms with Crippen molar-refractivity contribution >= 4 is 28.8 Å². The van der Waals surface area contributed by atoms with Crippen LogP contribution in [0.25, 0.3) is 5.76 Å². The van der Waals surface area contributed by atoms with Crippen LogP contribution in [-0.2, 0) is 9.59 Å². The van der Waals surface area contributed by atoms with Crippen molar-refractivity contribution in [2.75, 3.05) is 11.7 Å². The van der Waals surface area contributed by atoms with Gasteiger partial charge < -0.3 is 19.0 Å². The number of ketones is 1. The molecule has 10 nitrogen and oxygen atoms in total. The van der Waals surface area contributed by atoms with E-state index < -0.39 is 28.4 Å². The second-order valence-corrected chi connectivity index (χ2v) is 7.46.